The molecule has 0 aliphatic carbocycles. The van der Waals surface area contributed by atoms with E-state index in [9.17, 15) is 25.2 Å². The number of hydrogen-bond donors (Lipinski definition) is 0. The van der Waals surface area contributed by atoms with Crippen molar-refractivity contribution >= 4 is 47.5 Å². The van der Waals surface area contributed by atoms with Crippen LogP contribution in [0.3, 0.4) is 0 Å². The van der Waals surface area contributed by atoms with E-state index in [0.29, 0.717) is 0 Å². The number of thioether (sulfide) groups is 1. The summed E-state index contributed by atoms with van der Waals surface area (Å²) in [7, 11) is -8.62. The molecular weight excluding hydrogens is 491 g/mol. The van der Waals surface area contributed by atoms with Crippen molar-refractivity contribution in [3.05, 3.63) is 79.4 Å². The zero-order valence-electron chi connectivity index (χ0n) is 17.0. The van der Waals surface area contributed by atoms with Gasteiger partial charge in [0.25, 0.3) is 0 Å². The van der Waals surface area contributed by atoms with Crippen molar-refractivity contribution in [3.63, 3.8) is 0 Å². The molecule has 0 amide bonds. The third-order valence-corrected chi connectivity index (χ3v) is 5.28. The molecule has 0 saturated carbocycles. The Balaban J connectivity index is 0.000000451. The average Bonchev–Trinajstić information content (AvgIpc) is 3.10. The summed E-state index contributed by atoms with van der Waals surface area (Å²) < 4.78 is 64.3. The van der Waals surface area contributed by atoms with Crippen LogP contribution in [-0.2, 0) is 13.6 Å². The van der Waals surface area contributed by atoms with E-state index in [2.05, 4.69) is 57.0 Å². The van der Waals surface area contributed by atoms with Crippen LogP contribution < -0.4 is 9.47 Å². The van der Waals surface area contributed by atoms with Gasteiger partial charge in [0.1, 0.15) is 16.7 Å². The van der Waals surface area contributed by atoms with Crippen molar-refractivity contribution in [1.29, 1.82) is 0 Å². The predicted octanol–water partition coefficient (Wildman–Crippen LogP) is 7.94. The van der Waals surface area contributed by atoms with Crippen LogP contribution >= 0.6 is 31.8 Å². The first-order valence-corrected chi connectivity index (χ1v) is 12.8. The molecule has 1 heterocycles. The summed E-state index contributed by atoms with van der Waals surface area (Å²) in [5.41, 5.74) is 2.20. The van der Waals surface area contributed by atoms with Crippen LogP contribution in [0.2, 0.25) is 0 Å². The van der Waals surface area contributed by atoms with Crippen LogP contribution in [-0.4, -0.2) is 14.6 Å². The molecule has 2 aromatic carbocycles. The molecular formula is C20H22F6N3PS2. The molecule has 0 N–H and O–H groups in total. The van der Waals surface area contributed by atoms with Crippen LogP contribution in [0.15, 0.2) is 79.4 Å². The number of imidazole rings is 1. The Morgan fingerprint density at radius 1 is 0.938 bits per heavy atom. The molecule has 3 rings (SSSR count). The molecule has 3 aromatic rings. The van der Waals surface area contributed by atoms with Gasteiger partial charge in [-0.25, -0.2) is 9.13 Å². The molecule has 176 valence electrons. The number of para-hydroxylation sites is 2. The van der Waals surface area contributed by atoms with Crippen LogP contribution in [0.25, 0.3) is 0 Å². The topological polar surface area (TPSA) is 12.0 Å². The number of nitrogens with zero attached hydrogens (tertiary/aromatic N) is 3. The second-order valence-electron chi connectivity index (χ2n) is 6.75. The van der Waals surface area contributed by atoms with Gasteiger partial charge in [0.2, 0.25) is 6.33 Å². The summed E-state index contributed by atoms with van der Waals surface area (Å²) in [4.78, 5) is 2.15. The Labute approximate surface area is 191 Å². The number of rotatable bonds is 6. The summed E-state index contributed by atoms with van der Waals surface area (Å²) >= 11 is 7.49. The fourth-order valence-corrected chi connectivity index (χ4v) is 3.87. The summed E-state index contributed by atoms with van der Waals surface area (Å²) in [5, 5.41) is 0. The second kappa shape index (κ2) is 9.80. The quantitative estimate of drug-likeness (QED) is 0.109. The number of benzene rings is 2. The van der Waals surface area contributed by atoms with Gasteiger partial charge in [0, 0.05) is 17.1 Å². The molecule has 12 heteroatoms. The summed E-state index contributed by atoms with van der Waals surface area (Å²) in [5.74, 6) is 0.997. The van der Waals surface area contributed by atoms with E-state index >= 15 is 0 Å². The SMILES string of the molecule is C[n+]1ccn(CCCSC(=S)N(c2ccccc2)c2ccccc2)c1.F[P-](F)(F)(F)(F)F. The Bertz CT molecular complexity index is 962. The normalized spacial score (nSPS) is 13.3. The van der Waals surface area contributed by atoms with Crippen LogP contribution in [0.5, 0.6) is 0 Å². The van der Waals surface area contributed by atoms with Gasteiger partial charge in [0.15, 0.2) is 0 Å². The maximum absolute atomic E-state index is 10.7. The Kier molecular flexibility index (Phi) is 8.01. The summed E-state index contributed by atoms with van der Waals surface area (Å²) in [6.45, 7) is 1.01. The van der Waals surface area contributed by atoms with Gasteiger partial charge < -0.3 is 0 Å². The van der Waals surface area contributed by atoms with Gasteiger partial charge in [-0.05, 0) is 30.7 Å². The van der Waals surface area contributed by atoms with Crippen molar-refractivity contribution < 1.29 is 29.7 Å². The van der Waals surface area contributed by atoms with Gasteiger partial charge >= 0.3 is 33.0 Å². The zero-order valence-corrected chi connectivity index (χ0v) is 19.5. The van der Waals surface area contributed by atoms with E-state index in [-0.39, 0.29) is 0 Å². The van der Waals surface area contributed by atoms with E-state index in [4.69, 9.17) is 12.2 Å². The number of aromatic nitrogens is 2. The molecule has 0 unspecified atom stereocenters. The Morgan fingerprint density at radius 3 is 1.81 bits per heavy atom. The number of hydrogen-bond acceptors (Lipinski definition) is 2. The number of anilines is 2. The van der Waals surface area contributed by atoms with Crippen LogP contribution in [0, 0.1) is 0 Å². The van der Waals surface area contributed by atoms with Crippen molar-refractivity contribution in [2.75, 3.05) is 10.7 Å². The molecule has 1 aromatic heterocycles. The van der Waals surface area contributed by atoms with Gasteiger partial charge in [-0.15, -0.1) is 0 Å². The van der Waals surface area contributed by atoms with Gasteiger partial charge in [-0.1, -0.05) is 60.4 Å². The van der Waals surface area contributed by atoms with Crippen molar-refractivity contribution in [3.8, 4) is 0 Å². The maximum atomic E-state index is 9.87. The van der Waals surface area contributed by atoms with Gasteiger partial charge in [-0.3, -0.25) is 4.90 Å². The third-order valence-electron chi connectivity index (χ3n) is 3.82. The molecule has 0 radical (unpaired) electrons. The summed E-state index contributed by atoms with van der Waals surface area (Å²) in [6, 6.07) is 20.6. The Hall–Kier alpha value is -2.10. The van der Waals surface area contributed by atoms with Crippen LogP contribution in [0.4, 0.5) is 36.6 Å². The minimum absolute atomic E-state index is 0.885. The van der Waals surface area contributed by atoms with E-state index in [1.807, 2.05) is 43.4 Å². The minimum atomic E-state index is -10.7. The number of aryl methyl sites for hydroxylation is 2. The molecule has 0 bridgehead atoms. The zero-order chi connectivity index (χ0) is 23.9. The summed E-state index contributed by atoms with van der Waals surface area (Å²) in [6.07, 6.45) is 7.34. The third kappa shape index (κ3) is 11.5. The average molecular weight is 514 g/mol. The van der Waals surface area contributed by atoms with E-state index in [0.717, 1.165) is 34.4 Å². The fraction of sp³-hybridized carbons (Fsp3) is 0.200. The molecule has 0 spiro atoms. The molecule has 0 saturated heterocycles. The first-order chi connectivity index (χ1) is 14.7. The molecule has 0 aliphatic heterocycles. The molecule has 0 atom stereocenters. The fourth-order valence-electron chi connectivity index (χ4n) is 2.62. The number of halogens is 6. The van der Waals surface area contributed by atoms with Gasteiger partial charge in [0.05, 0.1) is 13.6 Å². The Morgan fingerprint density at radius 2 is 1.41 bits per heavy atom. The van der Waals surface area contributed by atoms with E-state index in [1.54, 1.807) is 11.8 Å². The van der Waals surface area contributed by atoms with Gasteiger partial charge in [-0.2, -0.15) is 0 Å². The van der Waals surface area contributed by atoms with Crippen molar-refractivity contribution in [2.45, 2.75) is 13.0 Å². The van der Waals surface area contributed by atoms with Crippen molar-refractivity contribution in [2.24, 2.45) is 7.05 Å². The monoisotopic (exact) mass is 513 g/mol. The van der Waals surface area contributed by atoms with Crippen LogP contribution in [0.1, 0.15) is 6.42 Å². The second-order valence-corrected chi connectivity index (χ2v) is 10.4. The first kappa shape index (κ1) is 26.2. The first-order valence-electron chi connectivity index (χ1n) is 9.33. The predicted molar refractivity (Wildman–Crippen MR) is 124 cm³/mol. The molecule has 3 nitrogen and oxygen atoms in total. The molecule has 0 aliphatic rings. The van der Waals surface area contributed by atoms with E-state index < -0.39 is 7.81 Å². The van der Waals surface area contributed by atoms with E-state index in [1.165, 1.54) is 0 Å². The van der Waals surface area contributed by atoms with Crippen molar-refractivity contribution in [1.82, 2.24) is 4.57 Å². The molecule has 32 heavy (non-hydrogen) atoms. The standard InChI is InChI=1S/C20H22N3S2.F6P/c1-21-14-15-22(17-21)13-8-16-25-20(24)23(18-9-4-2-5-10-18)19-11-6-3-7-12-19;1-7(2,3,4,5)6/h2-7,9-12,14-15,17H,8,13,16H2,1H3;/q+1;-1. The number of thiocarbonyl (C=S) groups is 1. The molecule has 0 fully saturated rings.